The first-order chi connectivity index (χ1) is 15.2. The number of nitrogens with zero attached hydrogens (tertiary/aromatic N) is 3. The molecule has 1 N–H and O–H groups in total. The van der Waals surface area contributed by atoms with Gasteiger partial charge in [-0.1, -0.05) is 30.4 Å². The Balaban J connectivity index is 1.39. The standard InChI is InChI=1S/C21H26N4O5S2/c1-3-15-4-6-17(7-5-15)25-13-16(12-18(25)26)19(27)23-8-10-24(11-9-23)32(29,30)20-14(2)22-21(28)31-20/h4-7,16H,3,8-13H2,1-2H3,(H,22,28)/t16-/m1/s1. The second-order valence-corrected chi connectivity index (χ2v) is 11.2. The number of aromatic amines is 1. The van der Waals surface area contributed by atoms with Gasteiger partial charge in [-0.2, -0.15) is 4.31 Å². The monoisotopic (exact) mass is 478 g/mol. The fraction of sp³-hybridized carbons (Fsp3) is 0.476. The van der Waals surface area contributed by atoms with Crippen LogP contribution < -0.4 is 9.77 Å². The van der Waals surface area contributed by atoms with Crippen molar-refractivity contribution in [2.75, 3.05) is 37.6 Å². The van der Waals surface area contributed by atoms with Gasteiger partial charge in [0.2, 0.25) is 11.8 Å². The van der Waals surface area contributed by atoms with Crippen LogP contribution in [0.2, 0.25) is 0 Å². The maximum Gasteiger partial charge on any atom is 0.305 e. The van der Waals surface area contributed by atoms with Crippen LogP contribution in [0.5, 0.6) is 0 Å². The van der Waals surface area contributed by atoms with E-state index in [0.29, 0.717) is 23.6 Å². The highest BCUT2D eigenvalue weighted by atomic mass is 32.2. The Morgan fingerprint density at radius 3 is 2.34 bits per heavy atom. The fourth-order valence-electron chi connectivity index (χ4n) is 4.19. The molecule has 0 spiro atoms. The van der Waals surface area contributed by atoms with E-state index in [1.165, 1.54) is 9.87 Å². The van der Waals surface area contributed by atoms with E-state index in [1.54, 1.807) is 16.7 Å². The number of H-pyrrole nitrogens is 1. The van der Waals surface area contributed by atoms with Crippen LogP contribution in [-0.4, -0.2) is 67.1 Å². The second-order valence-electron chi connectivity index (χ2n) is 8.08. The van der Waals surface area contributed by atoms with Crippen molar-refractivity contribution in [1.82, 2.24) is 14.2 Å². The zero-order valence-corrected chi connectivity index (χ0v) is 19.7. The zero-order chi connectivity index (χ0) is 23.0. The molecular formula is C21H26N4O5S2. The molecule has 2 fully saturated rings. The highest BCUT2D eigenvalue weighted by molar-refractivity contribution is 7.91. The van der Waals surface area contributed by atoms with Crippen LogP contribution >= 0.6 is 11.3 Å². The van der Waals surface area contributed by atoms with Gasteiger partial charge in [-0.25, -0.2) is 8.42 Å². The summed E-state index contributed by atoms with van der Waals surface area (Å²) in [5, 5.41) is 0. The number of thiazole rings is 1. The Bertz CT molecular complexity index is 1180. The van der Waals surface area contributed by atoms with Gasteiger partial charge in [0.05, 0.1) is 5.92 Å². The third kappa shape index (κ3) is 4.24. The number of piperazine rings is 1. The normalized spacial score (nSPS) is 20.2. The molecule has 0 aliphatic carbocycles. The van der Waals surface area contributed by atoms with E-state index >= 15 is 0 Å². The molecule has 2 saturated heterocycles. The minimum atomic E-state index is -3.78. The van der Waals surface area contributed by atoms with Gasteiger partial charge in [-0.15, -0.1) is 0 Å². The Morgan fingerprint density at radius 1 is 1.12 bits per heavy atom. The highest BCUT2D eigenvalue weighted by Gasteiger charge is 2.39. The minimum Gasteiger partial charge on any atom is -0.340 e. The molecule has 2 aliphatic rings. The molecule has 0 saturated carbocycles. The van der Waals surface area contributed by atoms with Crippen LogP contribution in [0.3, 0.4) is 0 Å². The summed E-state index contributed by atoms with van der Waals surface area (Å²) in [7, 11) is -3.78. The number of benzene rings is 1. The first-order valence-corrected chi connectivity index (χ1v) is 12.8. The summed E-state index contributed by atoms with van der Waals surface area (Å²) in [6.45, 7) is 4.78. The number of aryl methyl sites for hydroxylation is 2. The lowest BCUT2D eigenvalue weighted by Crippen LogP contribution is -2.52. The highest BCUT2D eigenvalue weighted by Crippen LogP contribution is 2.28. The summed E-state index contributed by atoms with van der Waals surface area (Å²) in [6, 6.07) is 7.79. The first-order valence-electron chi connectivity index (χ1n) is 10.6. The van der Waals surface area contributed by atoms with Crippen LogP contribution in [-0.2, 0) is 26.0 Å². The third-order valence-electron chi connectivity index (χ3n) is 6.04. The lowest BCUT2D eigenvalue weighted by atomic mass is 10.1. The van der Waals surface area contributed by atoms with Gasteiger partial charge in [0.25, 0.3) is 10.0 Å². The van der Waals surface area contributed by atoms with E-state index in [4.69, 9.17) is 0 Å². The number of nitrogens with one attached hydrogen (secondary N) is 1. The average molecular weight is 479 g/mol. The lowest BCUT2D eigenvalue weighted by molar-refractivity contribution is -0.136. The molecule has 2 amide bonds. The topological polar surface area (TPSA) is 111 Å². The van der Waals surface area contributed by atoms with Crippen LogP contribution in [0.1, 0.15) is 24.6 Å². The molecular weight excluding hydrogens is 452 g/mol. The SMILES string of the molecule is CCc1ccc(N2C[C@H](C(=O)N3CCN(S(=O)(=O)c4sc(=O)[nH]c4C)CC3)CC2=O)cc1. The van der Waals surface area contributed by atoms with Crippen molar-refractivity contribution in [3.63, 3.8) is 0 Å². The van der Waals surface area contributed by atoms with E-state index in [2.05, 4.69) is 11.9 Å². The predicted molar refractivity (Wildman–Crippen MR) is 121 cm³/mol. The van der Waals surface area contributed by atoms with Crippen molar-refractivity contribution >= 4 is 38.9 Å². The van der Waals surface area contributed by atoms with Gasteiger partial charge in [0.15, 0.2) is 4.21 Å². The molecule has 11 heteroatoms. The average Bonchev–Trinajstić information content (AvgIpc) is 3.35. The predicted octanol–water partition coefficient (Wildman–Crippen LogP) is 1.19. The van der Waals surface area contributed by atoms with Crippen molar-refractivity contribution in [2.24, 2.45) is 5.92 Å². The number of sulfonamides is 1. The summed E-state index contributed by atoms with van der Waals surface area (Å²) < 4.78 is 27.1. The number of aromatic nitrogens is 1. The number of rotatable bonds is 5. The van der Waals surface area contributed by atoms with Gasteiger partial charge in [0.1, 0.15) is 0 Å². The lowest BCUT2D eigenvalue weighted by Gasteiger charge is -2.35. The summed E-state index contributed by atoms with van der Waals surface area (Å²) in [5.41, 5.74) is 2.30. The van der Waals surface area contributed by atoms with Crippen LogP contribution in [0.4, 0.5) is 5.69 Å². The molecule has 172 valence electrons. The molecule has 1 atom stereocenters. The van der Waals surface area contributed by atoms with E-state index in [0.717, 1.165) is 12.1 Å². The van der Waals surface area contributed by atoms with Crippen molar-refractivity contribution < 1.29 is 18.0 Å². The molecule has 2 aromatic rings. The molecule has 9 nitrogen and oxygen atoms in total. The number of amides is 2. The van der Waals surface area contributed by atoms with Gasteiger partial charge >= 0.3 is 4.87 Å². The molecule has 1 aromatic carbocycles. The number of hydrogen-bond donors (Lipinski definition) is 1. The maximum absolute atomic E-state index is 13.0. The Hall–Kier alpha value is -2.50. The fourth-order valence-corrected chi connectivity index (χ4v) is 7.05. The van der Waals surface area contributed by atoms with Crippen molar-refractivity contribution in [3.05, 3.63) is 45.2 Å². The molecule has 0 unspecified atom stereocenters. The number of carbonyl (C=O) groups is 2. The molecule has 3 heterocycles. The van der Waals surface area contributed by atoms with Gasteiger partial charge in [-0.05, 0) is 31.0 Å². The Kier molecular flexibility index (Phi) is 6.24. The van der Waals surface area contributed by atoms with Crippen molar-refractivity contribution in [2.45, 2.75) is 30.9 Å². The summed E-state index contributed by atoms with van der Waals surface area (Å²) in [4.78, 5) is 42.5. The largest absolute Gasteiger partial charge is 0.340 e. The molecule has 2 aliphatic heterocycles. The number of hydrogen-bond acceptors (Lipinski definition) is 6. The van der Waals surface area contributed by atoms with E-state index in [-0.39, 0.29) is 48.6 Å². The van der Waals surface area contributed by atoms with Crippen LogP contribution in [0.25, 0.3) is 0 Å². The molecule has 4 rings (SSSR count). The summed E-state index contributed by atoms with van der Waals surface area (Å²) in [6.07, 6.45) is 1.07. The Labute approximate surface area is 190 Å². The third-order valence-corrected chi connectivity index (χ3v) is 9.52. The van der Waals surface area contributed by atoms with Crippen LogP contribution in [0, 0.1) is 12.8 Å². The van der Waals surface area contributed by atoms with Crippen molar-refractivity contribution in [1.29, 1.82) is 0 Å². The van der Waals surface area contributed by atoms with Gasteiger partial charge in [0, 0.05) is 50.5 Å². The molecule has 1 aromatic heterocycles. The number of anilines is 1. The van der Waals surface area contributed by atoms with Crippen molar-refractivity contribution in [3.8, 4) is 0 Å². The number of carbonyl (C=O) groups excluding carboxylic acids is 2. The van der Waals surface area contributed by atoms with E-state index < -0.39 is 20.8 Å². The van der Waals surface area contributed by atoms with Crippen LogP contribution in [0.15, 0.2) is 33.3 Å². The molecule has 0 bridgehead atoms. The smallest absolute Gasteiger partial charge is 0.305 e. The second kappa shape index (κ2) is 8.80. The zero-order valence-electron chi connectivity index (χ0n) is 18.0. The Morgan fingerprint density at radius 2 is 1.78 bits per heavy atom. The minimum absolute atomic E-state index is 0.0217. The first kappa shape index (κ1) is 22.7. The molecule has 0 radical (unpaired) electrons. The molecule has 32 heavy (non-hydrogen) atoms. The summed E-state index contributed by atoms with van der Waals surface area (Å²) >= 11 is 0.679. The summed E-state index contributed by atoms with van der Waals surface area (Å²) in [5.74, 6) is -0.633. The quantitative estimate of drug-likeness (QED) is 0.694. The maximum atomic E-state index is 13.0. The van der Waals surface area contributed by atoms with Gasteiger partial charge < -0.3 is 14.8 Å². The van der Waals surface area contributed by atoms with Gasteiger partial charge in [-0.3, -0.25) is 14.4 Å². The van der Waals surface area contributed by atoms with E-state index in [1.807, 2.05) is 24.3 Å². The van der Waals surface area contributed by atoms with E-state index in [9.17, 15) is 22.8 Å².